The van der Waals surface area contributed by atoms with Gasteiger partial charge in [0.25, 0.3) is 0 Å². The molecule has 0 unspecified atom stereocenters. The molecule has 1 fully saturated rings. The SMILES string of the molecule is CC(C)C(=O)N1CCOc2ccc(CN3CCCCCC3)cc2C1. The van der Waals surface area contributed by atoms with E-state index >= 15 is 0 Å². The molecule has 4 heteroatoms. The lowest BCUT2D eigenvalue weighted by Crippen LogP contribution is -2.35. The summed E-state index contributed by atoms with van der Waals surface area (Å²) in [6, 6.07) is 6.52. The van der Waals surface area contributed by atoms with Gasteiger partial charge in [-0.05, 0) is 43.6 Å². The van der Waals surface area contributed by atoms with Crippen LogP contribution in [0.15, 0.2) is 18.2 Å². The van der Waals surface area contributed by atoms with Crippen molar-refractivity contribution in [1.29, 1.82) is 0 Å². The third-order valence-corrected chi connectivity index (χ3v) is 5.02. The number of ether oxygens (including phenoxy) is 1. The molecule has 2 aliphatic heterocycles. The van der Waals surface area contributed by atoms with Gasteiger partial charge in [-0.1, -0.05) is 32.8 Å². The quantitative estimate of drug-likeness (QED) is 0.851. The number of nitrogens with zero attached hydrogens (tertiary/aromatic N) is 2. The van der Waals surface area contributed by atoms with Crippen LogP contribution in [0.3, 0.4) is 0 Å². The van der Waals surface area contributed by atoms with Crippen molar-refractivity contribution in [2.75, 3.05) is 26.2 Å². The van der Waals surface area contributed by atoms with Crippen molar-refractivity contribution in [3.8, 4) is 5.75 Å². The maximum Gasteiger partial charge on any atom is 0.225 e. The van der Waals surface area contributed by atoms with Crippen LogP contribution in [-0.4, -0.2) is 41.9 Å². The first-order valence-corrected chi connectivity index (χ1v) is 9.39. The molecule has 1 amide bonds. The van der Waals surface area contributed by atoms with Gasteiger partial charge >= 0.3 is 0 Å². The molecule has 0 saturated carbocycles. The van der Waals surface area contributed by atoms with E-state index in [-0.39, 0.29) is 11.8 Å². The molecule has 2 heterocycles. The Hall–Kier alpha value is -1.55. The predicted molar refractivity (Wildman–Crippen MR) is 95.9 cm³/mol. The maximum absolute atomic E-state index is 12.4. The van der Waals surface area contributed by atoms with E-state index in [1.807, 2.05) is 18.7 Å². The van der Waals surface area contributed by atoms with Gasteiger partial charge in [-0.15, -0.1) is 0 Å². The molecule has 0 spiro atoms. The Morgan fingerprint density at radius 2 is 1.88 bits per heavy atom. The number of carbonyl (C=O) groups excluding carboxylic acids is 1. The molecule has 1 aromatic rings. The normalized spacial score (nSPS) is 19.4. The summed E-state index contributed by atoms with van der Waals surface area (Å²) in [5.41, 5.74) is 2.48. The minimum Gasteiger partial charge on any atom is -0.491 e. The van der Waals surface area contributed by atoms with Crippen LogP contribution < -0.4 is 4.74 Å². The topological polar surface area (TPSA) is 32.8 Å². The number of amides is 1. The molecule has 24 heavy (non-hydrogen) atoms. The van der Waals surface area contributed by atoms with E-state index in [1.165, 1.54) is 44.3 Å². The minimum absolute atomic E-state index is 0.0341. The summed E-state index contributed by atoms with van der Waals surface area (Å²) in [6.45, 7) is 9.25. The molecule has 2 aliphatic rings. The molecular formula is C20H30N2O2. The van der Waals surface area contributed by atoms with E-state index < -0.39 is 0 Å². The van der Waals surface area contributed by atoms with Crippen LogP contribution in [-0.2, 0) is 17.9 Å². The van der Waals surface area contributed by atoms with Crippen molar-refractivity contribution in [3.05, 3.63) is 29.3 Å². The van der Waals surface area contributed by atoms with Gasteiger partial charge in [-0.2, -0.15) is 0 Å². The average Bonchev–Trinajstić information content (AvgIpc) is 2.94. The van der Waals surface area contributed by atoms with Gasteiger partial charge in [0.15, 0.2) is 0 Å². The molecule has 4 nitrogen and oxygen atoms in total. The second-order valence-electron chi connectivity index (χ2n) is 7.40. The smallest absolute Gasteiger partial charge is 0.225 e. The van der Waals surface area contributed by atoms with Gasteiger partial charge in [0.1, 0.15) is 12.4 Å². The van der Waals surface area contributed by atoms with Crippen LogP contribution >= 0.6 is 0 Å². The van der Waals surface area contributed by atoms with Crippen molar-refractivity contribution < 1.29 is 9.53 Å². The fraction of sp³-hybridized carbons (Fsp3) is 0.650. The van der Waals surface area contributed by atoms with Crippen molar-refractivity contribution in [1.82, 2.24) is 9.80 Å². The fourth-order valence-corrected chi connectivity index (χ4v) is 3.65. The van der Waals surface area contributed by atoms with E-state index in [4.69, 9.17) is 4.74 Å². The predicted octanol–water partition coefficient (Wildman–Crippen LogP) is 3.44. The highest BCUT2D eigenvalue weighted by Gasteiger charge is 2.22. The number of benzene rings is 1. The van der Waals surface area contributed by atoms with Gasteiger partial charge in [0.05, 0.1) is 6.54 Å². The van der Waals surface area contributed by atoms with E-state index in [0.717, 1.165) is 17.9 Å². The summed E-state index contributed by atoms with van der Waals surface area (Å²) in [5, 5.41) is 0. The van der Waals surface area contributed by atoms with Crippen LogP contribution in [0.4, 0.5) is 0 Å². The first-order valence-electron chi connectivity index (χ1n) is 9.39. The van der Waals surface area contributed by atoms with Crippen molar-refractivity contribution in [2.45, 2.75) is 52.6 Å². The summed E-state index contributed by atoms with van der Waals surface area (Å²) < 4.78 is 5.87. The zero-order valence-corrected chi connectivity index (χ0v) is 15.1. The van der Waals surface area contributed by atoms with Gasteiger partial charge in [-0.3, -0.25) is 9.69 Å². The summed E-state index contributed by atoms with van der Waals surface area (Å²) in [6.07, 6.45) is 5.34. The van der Waals surface area contributed by atoms with E-state index in [1.54, 1.807) is 0 Å². The Morgan fingerprint density at radius 3 is 2.58 bits per heavy atom. The highest BCUT2D eigenvalue weighted by molar-refractivity contribution is 5.78. The Morgan fingerprint density at radius 1 is 1.12 bits per heavy atom. The lowest BCUT2D eigenvalue weighted by Gasteiger charge is -2.23. The molecule has 0 atom stereocenters. The van der Waals surface area contributed by atoms with Crippen LogP contribution in [0.1, 0.15) is 50.7 Å². The van der Waals surface area contributed by atoms with E-state index in [9.17, 15) is 4.79 Å². The summed E-state index contributed by atoms with van der Waals surface area (Å²) >= 11 is 0. The molecule has 0 aromatic heterocycles. The lowest BCUT2D eigenvalue weighted by molar-refractivity contribution is -0.135. The summed E-state index contributed by atoms with van der Waals surface area (Å²) in [5.74, 6) is 1.19. The first kappa shape index (κ1) is 17.3. The number of likely N-dealkylation sites (tertiary alicyclic amines) is 1. The summed E-state index contributed by atoms with van der Waals surface area (Å²) in [7, 11) is 0. The standard InChI is InChI=1S/C20H30N2O2/c1-16(2)20(23)22-11-12-24-19-8-7-17(13-18(19)15-22)14-21-9-5-3-4-6-10-21/h7-8,13,16H,3-6,9-12,14-15H2,1-2H3. The van der Waals surface area contributed by atoms with E-state index in [0.29, 0.717) is 19.7 Å². The third kappa shape index (κ3) is 4.29. The lowest BCUT2D eigenvalue weighted by atomic mass is 10.1. The number of carbonyl (C=O) groups is 1. The molecule has 0 radical (unpaired) electrons. The molecular weight excluding hydrogens is 300 g/mol. The maximum atomic E-state index is 12.4. The minimum atomic E-state index is 0.0341. The molecule has 1 saturated heterocycles. The Balaban J connectivity index is 1.72. The molecule has 0 aliphatic carbocycles. The number of rotatable bonds is 3. The highest BCUT2D eigenvalue weighted by atomic mass is 16.5. The molecule has 0 N–H and O–H groups in total. The first-order chi connectivity index (χ1) is 11.6. The van der Waals surface area contributed by atoms with Crippen LogP contribution in [0.5, 0.6) is 5.75 Å². The van der Waals surface area contributed by atoms with Gasteiger partial charge in [0.2, 0.25) is 5.91 Å². The fourth-order valence-electron chi connectivity index (χ4n) is 3.65. The highest BCUT2D eigenvalue weighted by Crippen LogP contribution is 2.26. The van der Waals surface area contributed by atoms with Gasteiger partial charge in [0, 0.05) is 24.6 Å². The average molecular weight is 330 g/mol. The van der Waals surface area contributed by atoms with E-state index in [2.05, 4.69) is 23.1 Å². The Bertz CT molecular complexity index is 563. The Labute approximate surface area is 145 Å². The largest absolute Gasteiger partial charge is 0.491 e. The third-order valence-electron chi connectivity index (χ3n) is 5.02. The van der Waals surface area contributed by atoms with Crippen LogP contribution in [0.2, 0.25) is 0 Å². The zero-order valence-electron chi connectivity index (χ0n) is 15.1. The monoisotopic (exact) mass is 330 g/mol. The summed E-state index contributed by atoms with van der Waals surface area (Å²) in [4.78, 5) is 16.9. The second kappa shape index (κ2) is 8.02. The molecule has 3 rings (SSSR count). The molecule has 0 bridgehead atoms. The molecule has 132 valence electrons. The van der Waals surface area contributed by atoms with Crippen molar-refractivity contribution in [2.24, 2.45) is 5.92 Å². The van der Waals surface area contributed by atoms with Crippen LogP contribution in [0, 0.1) is 5.92 Å². The van der Waals surface area contributed by atoms with Crippen molar-refractivity contribution >= 4 is 5.91 Å². The number of hydrogen-bond acceptors (Lipinski definition) is 3. The zero-order chi connectivity index (χ0) is 16.9. The Kier molecular flexibility index (Phi) is 5.77. The van der Waals surface area contributed by atoms with Gasteiger partial charge < -0.3 is 9.64 Å². The van der Waals surface area contributed by atoms with Gasteiger partial charge in [-0.25, -0.2) is 0 Å². The number of fused-ring (bicyclic) bond motifs is 1. The van der Waals surface area contributed by atoms with Crippen LogP contribution in [0.25, 0.3) is 0 Å². The van der Waals surface area contributed by atoms with Crippen molar-refractivity contribution in [3.63, 3.8) is 0 Å². The molecule has 1 aromatic carbocycles. The second-order valence-corrected chi connectivity index (χ2v) is 7.40. The number of hydrogen-bond donors (Lipinski definition) is 0.